The molecule has 2 rings (SSSR count). The molecule has 0 spiro atoms. The van der Waals surface area contributed by atoms with E-state index in [1.807, 2.05) is 0 Å². The zero-order chi connectivity index (χ0) is 14.7. The lowest BCUT2D eigenvalue weighted by atomic mass is 10.0. The first-order valence-electron chi connectivity index (χ1n) is 6.50. The van der Waals surface area contributed by atoms with Crippen molar-refractivity contribution in [1.82, 2.24) is 10.2 Å². The second-order valence-electron chi connectivity index (χ2n) is 4.80. The first-order chi connectivity index (χ1) is 9.54. The molecule has 1 fully saturated rings. The van der Waals surface area contributed by atoms with Crippen molar-refractivity contribution in [1.29, 1.82) is 0 Å². The van der Waals surface area contributed by atoms with Crippen LogP contribution in [-0.4, -0.2) is 41.5 Å². The van der Waals surface area contributed by atoms with Crippen LogP contribution in [0.25, 0.3) is 0 Å². The molecule has 0 aliphatic carbocycles. The third-order valence-electron chi connectivity index (χ3n) is 3.59. The number of hydrogen-bond acceptors (Lipinski definition) is 3. The standard InChI is InChI=1S/C14H17ClN2O3/c1-16-13(18)12(9-4-6-10(15)7-5-9)17-8-2-3-11(17)14(19)20/h4-7,11-12H,2-3,8H2,1H3,(H,16,18)(H,19,20). The van der Waals surface area contributed by atoms with Gasteiger partial charge in [-0.05, 0) is 30.5 Å². The van der Waals surface area contributed by atoms with Crippen molar-refractivity contribution in [3.8, 4) is 0 Å². The Bertz CT molecular complexity index is 504. The van der Waals surface area contributed by atoms with Gasteiger partial charge in [-0.1, -0.05) is 23.7 Å². The van der Waals surface area contributed by atoms with Gasteiger partial charge in [-0.15, -0.1) is 0 Å². The van der Waals surface area contributed by atoms with Gasteiger partial charge in [-0.2, -0.15) is 0 Å². The number of nitrogens with one attached hydrogen (secondary N) is 1. The maximum absolute atomic E-state index is 12.2. The number of carbonyl (C=O) groups excluding carboxylic acids is 1. The molecule has 0 radical (unpaired) electrons. The van der Waals surface area contributed by atoms with E-state index in [0.717, 1.165) is 12.0 Å². The highest BCUT2D eigenvalue weighted by molar-refractivity contribution is 6.30. The van der Waals surface area contributed by atoms with Crippen LogP contribution in [-0.2, 0) is 9.59 Å². The van der Waals surface area contributed by atoms with E-state index in [-0.39, 0.29) is 5.91 Å². The summed E-state index contributed by atoms with van der Waals surface area (Å²) in [5.41, 5.74) is 0.752. The monoisotopic (exact) mass is 296 g/mol. The van der Waals surface area contributed by atoms with Crippen molar-refractivity contribution in [3.05, 3.63) is 34.9 Å². The minimum Gasteiger partial charge on any atom is -0.480 e. The second kappa shape index (κ2) is 6.24. The van der Waals surface area contributed by atoms with Crippen LogP contribution in [0.5, 0.6) is 0 Å². The van der Waals surface area contributed by atoms with E-state index < -0.39 is 18.1 Å². The molecule has 1 aromatic rings. The molecular formula is C14H17ClN2O3. The number of likely N-dealkylation sites (N-methyl/N-ethyl adjacent to an activating group) is 1. The average molecular weight is 297 g/mol. The molecule has 20 heavy (non-hydrogen) atoms. The van der Waals surface area contributed by atoms with E-state index in [4.69, 9.17) is 11.6 Å². The molecule has 1 aliphatic heterocycles. The number of likely N-dealkylation sites (tertiary alicyclic amines) is 1. The molecule has 1 heterocycles. The van der Waals surface area contributed by atoms with Crippen molar-refractivity contribution < 1.29 is 14.7 Å². The van der Waals surface area contributed by atoms with Gasteiger partial charge in [0.2, 0.25) is 5.91 Å². The number of benzene rings is 1. The molecule has 5 nitrogen and oxygen atoms in total. The van der Waals surface area contributed by atoms with Gasteiger partial charge in [0, 0.05) is 18.6 Å². The Hall–Kier alpha value is -1.59. The van der Waals surface area contributed by atoms with E-state index in [9.17, 15) is 14.7 Å². The summed E-state index contributed by atoms with van der Waals surface area (Å²) in [4.78, 5) is 25.2. The van der Waals surface area contributed by atoms with E-state index in [1.165, 1.54) is 0 Å². The van der Waals surface area contributed by atoms with Gasteiger partial charge >= 0.3 is 5.97 Å². The first kappa shape index (κ1) is 14.8. The smallest absolute Gasteiger partial charge is 0.320 e. The summed E-state index contributed by atoms with van der Waals surface area (Å²) in [5, 5.41) is 12.5. The SMILES string of the molecule is CNC(=O)C(c1ccc(Cl)cc1)N1CCCC1C(=O)O. The number of rotatable bonds is 4. The summed E-state index contributed by atoms with van der Waals surface area (Å²) < 4.78 is 0. The van der Waals surface area contributed by atoms with Crippen LogP contribution in [0, 0.1) is 0 Å². The number of aliphatic carboxylic acids is 1. The Morgan fingerprint density at radius 2 is 2.05 bits per heavy atom. The number of carbonyl (C=O) groups is 2. The normalized spacial score (nSPS) is 20.6. The summed E-state index contributed by atoms with van der Waals surface area (Å²) in [6.07, 6.45) is 1.34. The second-order valence-corrected chi connectivity index (χ2v) is 5.24. The Morgan fingerprint density at radius 1 is 1.40 bits per heavy atom. The van der Waals surface area contributed by atoms with Crippen LogP contribution < -0.4 is 5.32 Å². The van der Waals surface area contributed by atoms with Crippen molar-refractivity contribution in [3.63, 3.8) is 0 Å². The Morgan fingerprint density at radius 3 is 2.60 bits per heavy atom. The van der Waals surface area contributed by atoms with Crippen LogP contribution in [0.2, 0.25) is 5.02 Å². The Balaban J connectivity index is 2.35. The van der Waals surface area contributed by atoms with Crippen LogP contribution in [0.4, 0.5) is 0 Å². The van der Waals surface area contributed by atoms with Crippen molar-refractivity contribution >= 4 is 23.5 Å². The number of nitrogens with zero attached hydrogens (tertiary/aromatic N) is 1. The summed E-state index contributed by atoms with van der Waals surface area (Å²) in [5.74, 6) is -1.09. The quantitative estimate of drug-likeness (QED) is 0.887. The highest BCUT2D eigenvalue weighted by Gasteiger charge is 2.39. The van der Waals surface area contributed by atoms with E-state index in [0.29, 0.717) is 18.0 Å². The van der Waals surface area contributed by atoms with Gasteiger partial charge in [0.15, 0.2) is 0 Å². The maximum atomic E-state index is 12.2. The lowest BCUT2D eigenvalue weighted by Crippen LogP contribution is -2.44. The number of amides is 1. The minimum absolute atomic E-state index is 0.208. The zero-order valence-electron chi connectivity index (χ0n) is 11.2. The fraction of sp³-hybridized carbons (Fsp3) is 0.429. The lowest BCUT2D eigenvalue weighted by molar-refractivity contribution is -0.144. The zero-order valence-corrected chi connectivity index (χ0v) is 11.9. The molecule has 0 saturated carbocycles. The van der Waals surface area contributed by atoms with Crippen LogP contribution in [0.1, 0.15) is 24.4 Å². The van der Waals surface area contributed by atoms with Gasteiger partial charge < -0.3 is 10.4 Å². The van der Waals surface area contributed by atoms with E-state index in [2.05, 4.69) is 5.32 Å². The van der Waals surface area contributed by atoms with Crippen molar-refractivity contribution in [2.45, 2.75) is 24.9 Å². The summed E-state index contributed by atoms with van der Waals surface area (Å²) >= 11 is 5.86. The topological polar surface area (TPSA) is 69.6 Å². The molecule has 2 N–H and O–H groups in total. The van der Waals surface area contributed by atoms with Gasteiger partial charge in [0.05, 0.1) is 0 Å². The number of carboxylic acid groups (broad SMARTS) is 1. The maximum Gasteiger partial charge on any atom is 0.320 e. The Labute approximate surface area is 122 Å². The third kappa shape index (κ3) is 2.94. The van der Waals surface area contributed by atoms with Gasteiger partial charge in [-0.3, -0.25) is 14.5 Å². The van der Waals surface area contributed by atoms with Gasteiger partial charge in [0.25, 0.3) is 0 Å². The van der Waals surface area contributed by atoms with Crippen LogP contribution >= 0.6 is 11.6 Å². The Kier molecular flexibility index (Phi) is 4.62. The molecule has 1 amide bonds. The fourth-order valence-electron chi connectivity index (χ4n) is 2.64. The van der Waals surface area contributed by atoms with Crippen molar-refractivity contribution in [2.24, 2.45) is 0 Å². The van der Waals surface area contributed by atoms with Crippen LogP contribution in [0.15, 0.2) is 24.3 Å². The highest BCUT2D eigenvalue weighted by atomic mass is 35.5. The third-order valence-corrected chi connectivity index (χ3v) is 3.84. The number of hydrogen-bond donors (Lipinski definition) is 2. The largest absolute Gasteiger partial charge is 0.480 e. The van der Waals surface area contributed by atoms with Gasteiger partial charge in [-0.25, -0.2) is 0 Å². The van der Waals surface area contributed by atoms with E-state index >= 15 is 0 Å². The molecule has 1 aromatic carbocycles. The summed E-state index contributed by atoms with van der Waals surface area (Å²) in [6.45, 7) is 0.595. The number of halogens is 1. The lowest BCUT2D eigenvalue weighted by Gasteiger charge is -2.30. The number of carboxylic acids is 1. The molecular weight excluding hydrogens is 280 g/mol. The molecule has 1 aliphatic rings. The molecule has 2 atom stereocenters. The van der Waals surface area contributed by atoms with Crippen LogP contribution in [0.3, 0.4) is 0 Å². The van der Waals surface area contributed by atoms with Gasteiger partial charge in [0.1, 0.15) is 12.1 Å². The molecule has 108 valence electrons. The molecule has 2 unspecified atom stereocenters. The summed E-state index contributed by atoms with van der Waals surface area (Å²) in [6, 6.07) is 5.73. The predicted molar refractivity (Wildman–Crippen MR) is 75.6 cm³/mol. The molecule has 1 saturated heterocycles. The molecule has 0 bridgehead atoms. The highest BCUT2D eigenvalue weighted by Crippen LogP contribution is 2.30. The minimum atomic E-state index is -0.884. The van der Waals surface area contributed by atoms with E-state index in [1.54, 1.807) is 36.2 Å². The average Bonchev–Trinajstić information content (AvgIpc) is 2.90. The molecule has 6 heteroatoms. The molecule has 0 aromatic heterocycles. The first-order valence-corrected chi connectivity index (χ1v) is 6.88. The summed E-state index contributed by atoms with van der Waals surface area (Å²) in [7, 11) is 1.55. The van der Waals surface area contributed by atoms with Crippen molar-refractivity contribution in [2.75, 3.05) is 13.6 Å². The predicted octanol–water partition coefficient (Wildman–Crippen LogP) is 1.68. The fourth-order valence-corrected chi connectivity index (χ4v) is 2.76.